The van der Waals surface area contributed by atoms with E-state index in [1.54, 1.807) is 0 Å². The maximum absolute atomic E-state index is 9.21. The van der Waals surface area contributed by atoms with Crippen LogP contribution in [-0.2, 0) is 4.74 Å². The third-order valence-electron chi connectivity index (χ3n) is 5.77. The normalized spacial score (nSPS) is 16.4. The molecule has 2 N–H and O–H groups in total. The lowest BCUT2D eigenvalue weighted by Gasteiger charge is -2.16. The Morgan fingerprint density at radius 3 is 1.44 bits per heavy atom. The van der Waals surface area contributed by atoms with Crippen LogP contribution in [-0.4, -0.2) is 36.1 Å². The Morgan fingerprint density at radius 2 is 1.04 bits per heavy atom. The molecule has 0 aromatic heterocycles. The van der Waals surface area contributed by atoms with Gasteiger partial charge in [-0.2, -0.15) is 0 Å². The summed E-state index contributed by atoms with van der Waals surface area (Å²) >= 11 is 0. The third kappa shape index (κ3) is 19.0. The lowest BCUT2D eigenvalue weighted by molar-refractivity contribution is 0.00467. The molecule has 0 aromatic rings. The molecule has 0 heterocycles. The van der Waals surface area contributed by atoms with Crippen molar-refractivity contribution in [2.24, 2.45) is 23.7 Å². The molecule has 27 heavy (non-hydrogen) atoms. The maximum Gasteiger partial charge on any atom is 0.100 e. The first-order valence-electron chi connectivity index (χ1n) is 11.7. The molecule has 3 nitrogen and oxygen atoms in total. The molecule has 3 heteroatoms. The molecular weight excluding hydrogens is 336 g/mol. The van der Waals surface area contributed by atoms with Crippen molar-refractivity contribution < 1.29 is 14.9 Å². The van der Waals surface area contributed by atoms with E-state index in [4.69, 9.17) is 9.84 Å². The average Bonchev–Trinajstić information content (AvgIpc) is 2.60. The van der Waals surface area contributed by atoms with Crippen molar-refractivity contribution in [2.45, 2.75) is 111 Å². The zero-order chi connectivity index (χ0) is 20.5. The Morgan fingerprint density at radius 1 is 0.630 bits per heavy atom. The minimum absolute atomic E-state index is 0.217. The Labute approximate surface area is 170 Å². The summed E-state index contributed by atoms with van der Waals surface area (Å²) in [5.41, 5.74) is 0. The van der Waals surface area contributed by atoms with Gasteiger partial charge in [-0.05, 0) is 36.5 Å². The summed E-state index contributed by atoms with van der Waals surface area (Å²) in [6.45, 7) is 12.6. The number of hydrogen-bond acceptors (Lipinski definition) is 3. The van der Waals surface area contributed by atoms with Crippen molar-refractivity contribution in [3.8, 4) is 0 Å². The summed E-state index contributed by atoms with van der Waals surface area (Å²) in [5.74, 6) is 3.37. The molecule has 0 saturated carbocycles. The first kappa shape index (κ1) is 26.9. The third-order valence-corrected chi connectivity index (χ3v) is 5.77. The van der Waals surface area contributed by atoms with E-state index in [0.717, 1.165) is 30.1 Å². The predicted octanol–water partition coefficient (Wildman–Crippen LogP) is 6.21. The van der Waals surface area contributed by atoms with Crippen molar-refractivity contribution in [1.82, 2.24) is 0 Å². The second kappa shape index (κ2) is 17.9. The van der Waals surface area contributed by atoms with Gasteiger partial charge in [0.25, 0.3) is 0 Å². The van der Waals surface area contributed by atoms with Crippen LogP contribution in [0.4, 0.5) is 0 Å². The molecule has 0 aliphatic heterocycles. The topological polar surface area (TPSA) is 49.7 Å². The zero-order valence-electron chi connectivity index (χ0n) is 19.1. The summed E-state index contributed by atoms with van der Waals surface area (Å²) in [4.78, 5) is 0. The Hall–Kier alpha value is -0.120. The Balaban J connectivity index is 3.49. The van der Waals surface area contributed by atoms with Crippen molar-refractivity contribution in [2.75, 3.05) is 19.8 Å². The van der Waals surface area contributed by atoms with Gasteiger partial charge in [-0.25, -0.2) is 0 Å². The van der Waals surface area contributed by atoms with Gasteiger partial charge in [0.2, 0.25) is 0 Å². The van der Waals surface area contributed by atoms with Crippen LogP contribution in [0.3, 0.4) is 0 Å². The van der Waals surface area contributed by atoms with Crippen LogP contribution in [0.2, 0.25) is 0 Å². The van der Waals surface area contributed by atoms with E-state index in [9.17, 15) is 5.11 Å². The summed E-state index contributed by atoms with van der Waals surface area (Å²) < 4.78 is 5.37. The molecule has 0 amide bonds. The second-order valence-electron chi connectivity index (χ2n) is 9.56. The largest absolute Gasteiger partial charge is 0.394 e. The fraction of sp³-hybridized carbons (Fsp3) is 1.00. The smallest absolute Gasteiger partial charge is 0.100 e. The lowest BCUT2D eigenvalue weighted by Crippen LogP contribution is -2.19. The highest BCUT2D eigenvalue weighted by Gasteiger charge is 2.08. The van der Waals surface area contributed by atoms with Gasteiger partial charge >= 0.3 is 0 Å². The van der Waals surface area contributed by atoms with Crippen LogP contribution >= 0.6 is 0 Å². The van der Waals surface area contributed by atoms with Crippen molar-refractivity contribution in [3.63, 3.8) is 0 Å². The summed E-state index contributed by atoms with van der Waals surface area (Å²) in [5, 5.41) is 17.9. The van der Waals surface area contributed by atoms with Gasteiger partial charge in [-0.15, -0.1) is 0 Å². The van der Waals surface area contributed by atoms with Crippen molar-refractivity contribution in [1.29, 1.82) is 0 Å². The van der Waals surface area contributed by atoms with Gasteiger partial charge in [0.15, 0.2) is 0 Å². The molecule has 0 spiro atoms. The molecular formula is C24H50O3. The molecule has 0 fully saturated rings. The van der Waals surface area contributed by atoms with Crippen LogP contribution in [0.15, 0.2) is 0 Å². The van der Waals surface area contributed by atoms with Crippen molar-refractivity contribution >= 4 is 0 Å². The zero-order valence-corrected chi connectivity index (χ0v) is 19.1. The molecule has 4 unspecified atom stereocenters. The van der Waals surface area contributed by atoms with E-state index < -0.39 is 6.10 Å². The number of aliphatic hydroxyl groups excluding tert-OH is 2. The van der Waals surface area contributed by atoms with Gasteiger partial charge in [0.05, 0.1) is 13.2 Å². The first-order chi connectivity index (χ1) is 12.8. The average molecular weight is 387 g/mol. The van der Waals surface area contributed by atoms with E-state index in [1.807, 2.05) is 0 Å². The van der Waals surface area contributed by atoms with Crippen LogP contribution in [0, 0.1) is 23.7 Å². The van der Waals surface area contributed by atoms with Gasteiger partial charge in [0.1, 0.15) is 6.10 Å². The highest BCUT2D eigenvalue weighted by molar-refractivity contribution is 4.61. The predicted molar refractivity (Wildman–Crippen MR) is 117 cm³/mol. The molecule has 0 radical (unpaired) electrons. The highest BCUT2D eigenvalue weighted by Crippen LogP contribution is 2.23. The fourth-order valence-electron chi connectivity index (χ4n) is 3.74. The van der Waals surface area contributed by atoms with Gasteiger partial charge < -0.3 is 14.9 Å². The molecule has 0 aromatic carbocycles. The van der Waals surface area contributed by atoms with E-state index in [1.165, 1.54) is 64.2 Å². The summed E-state index contributed by atoms with van der Waals surface area (Å²) in [7, 11) is 0. The standard InChI is InChI=1S/C24H50O3/c1-20(2)10-6-11-21(3)12-7-13-22(4)14-8-15-23(5)16-9-17-27-19-24(26)18-25/h20-26H,6-19H2,1-5H3. The van der Waals surface area contributed by atoms with Crippen molar-refractivity contribution in [3.05, 3.63) is 0 Å². The van der Waals surface area contributed by atoms with Gasteiger partial charge in [-0.1, -0.05) is 92.4 Å². The maximum atomic E-state index is 9.21. The Kier molecular flexibility index (Phi) is 17.9. The Bertz CT molecular complexity index is 306. The molecule has 0 aliphatic rings. The minimum atomic E-state index is -0.730. The van der Waals surface area contributed by atoms with Crippen LogP contribution in [0.5, 0.6) is 0 Å². The summed E-state index contributed by atoms with van der Waals surface area (Å²) in [6, 6.07) is 0. The molecule has 0 saturated heterocycles. The van der Waals surface area contributed by atoms with E-state index in [-0.39, 0.29) is 13.2 Å². The van der Waals surface area contributed by atoms with Gasteiger partial charge in [-0.3, -0.25) is 0 Å². The highest BCUT2D eigenvalue weighted by atomic mass is 16.5. The number of aliphatic hydroxyl groups is 2. The second-order valence-corrected chi connectivity index (χ2v) is 9.56. The number of hydrogen-bond donors (Lipinski definition) is 2. The van der Waals surface area contributed by atoms with E-state index in [2.05, 4.69) is 34.6 Å². The number of ether oxygens (including phenoxy) is 1. The number of rotatable bonds is 19. The fourth-order valence-corrected chi connectivity index (χ4v) is 3.74. The molecule has 0 rings (SSSR count). The molecule has 4 atom stereocenters. The van der Waals surface area contributed by atoms with E-state index in [0.29, 0.717) is 6.61 Å². The SMILES string of the molecule is CC(C)CCCC(C)CCCC(C)CCCC(C)CCCOCC(O)CO. The quantitative estimate of drug-likeness (QED) is 0.259. The van der Waals surface area contributed by atoms with Crippen LogP contribution < -0.4 is 0 Å². The first-order valence-corrected chi connectivity index (χ1v) is 11.7. The van der Waals surface area contributed by atoms with Gasteiger partial charge in [0, 0.05) is 6.61 Å². The molecule has 0 bridgehead atoms. The minimum Gasteiger partial charge on any atom is -0.394 e. The van der Waals surface area contributed by atoms with Crippen LogP contribution in [0.1, 0.15) is 105 Å². The van der Waals surface area contributed by atoms with E-state index >= 15 is 0 Å². The lowest BCUT2D eigenvalue weighted by atomic mass is 9.90. The monoisotopic (exact) mass is 386 g/mol. The van der Waals surface area contributed by atoms with Crippen LogP contribution in [0.25, 0.3) is 0 Å². The molecule has 0 aliphatic carbocycles. The summed E-state index contributed by atoms with van der Waals surface area (Å²) in [6.07, 6.45) is 13.9. The molecule has 164 valence electrons.